The number of anilines is 4. The molecule has 11 nitrogen and oxygen atoms in total. The number of carbonyl (C=O) groups is 1. The molecule has 12 heteroatoms. The fourth-order valence-corrected chi connectivity index (χ4v) is 3.82. The second-order valence-corrected chi connectivity index (χ2v) is 10.0. The third-order valence-corrected chi connectivity index (χ3v) is 6.55. The molecule has 0 unspecified atom stereocenters. The van der Waals surface area contributed by atoms with Crippen LogP contribution in [0.15, 0.2) is 47.4 Å². The molecule has 0 bridgehead atoms. The van der Waals surface area contributed by atoms with Crippen LogP contribution in [0.4, 0.5) is 22.9 Å². The number of sulfonamides is 1. The van der Waals surface area contributed by atoms with Crippen molar-refractivity contribution < 1.29 is 18.0 Å². The summed E-state index contributed by atoms with van der Waals surface area (Å²) in [5.74, 6) is 0.317. The highest BCUT2D eigenvalue weighted by molar-refractivity contribution is 7.92. The Balaban J connectivity index is 2.06. The van der Waals surface area contributed by atoms with Gasteiger partial charge >= 0.3 is 0 Å². The number of allylic oxidation sites excluding steroid dienone is 1. The van der Waals surface area contributed by atoms with Crippen LogP contribution < -0.4 is 26.2 Å². The highest BCUT2D eigenvalue weighted by atomic mass is 32.2. The first-order chi connectivity index (χ1) is 16.7. The lowest BCUT2D eigenvalue weighted by molar-refractivity contribution is 0.0365. The first-order valence-corrected chi connectivity index (χ1v) is 12.9. The smallest absolute Gasteiger partial charge is 0.278 e. The summed E-state index contributed by atoms with van der Waals surface area (Å²) in [6.07, 6.45) is 7.55. The van der Waals surface area contributed by atoms with Crippen molar-refractivity contribution >= 4 is 45.0 Å². The van der Waals surface area contributed by atoms with E-state index in [2.05, 4.69) is 26.1 Å². The van der Waals surface area contributed by atoms with Crippen molar-refractivity contribution in [3.63, 3.8) is 0 Å². The van der Waals surface area contributed by atoms with Gasteiger partial charge in [-0.05, 0) is 43.4 Å². The minimum absolute atomic E-state index is 0.200. The van der Waals surface area contributed by atoms with E-state index in [4.69, 9.17) is 10.6 Å². The second kappa shape index (κ2) is 11.2. The zero-order valence-electron chi connectivity index (χ0n) is 20.2. The van der Waals surface area contributed by atoms with E-state index in [1.54, 1.807) is 20.0 Å². The standard InChI is InChI=1S/C23H31N7O4S/c1-5-34-29-23(31)18-14-26-22(27-17(12-24)13-25-2)11-20(18)28-19-9-8-16(15-6-7-15)10-21(19)30(3)35(4,32)33/h8-15H,5-7,24H2,1-4H3,(H,29,31)(H2,26,27,28). The van der Waals surface area contributed by atoms with Crippen LogP contribution >= 0.6 is 0 Å². The number of nitrogens with zero attached hydrogens (tertiary/aromatic N) is 3. The van der Waals surface area contributed by atoms with Crippen LogP contribution in [0.5, 0.6) is 0 Å². The maximum absolute atomic E-state index is 12.7. The fourth-order valence-electron chi connectivity index (χ4n) is 3.31. The van der Waals surface area contributed by atoms with Gasteiger partial charge in [-0.2, -0.15) is 0 Å². The van der Waals surface area contributed by atoms with E-state index < -0.39 is 15.9 Å². The molecule has 0 spiro atoms. The number of carbonyl (C=O) groups excluding carboxylic acids is 1. The Labute approximate surface area is 205 Å². The van der Waals surface area contributed by atoms with Crippen LogP contribution in [0.25, 0.3) is 0 Å². The van der Waals surface area contributed by atoms with Crippen molar-refractivity contribution in [2.45, 2.75) is 25.7 Å². The summed E-state index contributed by atoms with van der Waals surface area (Å²) >= 11 is 0. The molecule has 1 heterocycles. The van der Waals surface area contributed by atoms with Crippen LogP contribution in [-0.4, -0.2) is 52.5 Å². The third kappa shape index (κ3) is 6.70. The van der Waals surface area contributed by atoms with Crippen LogP contribution in [-0.2, 0) is 14.9 Å². The Morgan fingerprint density at radius 1 is 1.31 bits per heavy atom. The highest BCUT2D eigenvalue weighted by Crippen LogP contribution is 2.43. The zero-order chi connectivity index (χ0) is 25.6. The Bertz CT molecular complexity index is 1240. The summed E-state index contributed by atoms with van der Waals surface area (Å²) in [7, 11) is -0.425. The summed E-state index contributed by atoms with van der Waals surface area (Å²) in [5.41, 5.74) is 11.1. The molecule has 1 aromatic heterocycles. The van der Waals surface area contributed by atoms with Crippen molar-refractivity contribution in [2.75, 3.05) is 41.9 Å². The van der Waals surface area contributed by atoms with Crippen molar-refractivity contribution in [2.24, 2.45) is 10.7 Å². The molecule has 5 N–H and O–H groups in total. The normalized spacial score (nSPS) is 14.1. The molecular weight excluding hydrogens is 470 g/mol. The molecule has 188 valence electrons. The van der Waals surface area contributed by atoms with Crippen molar-refractivity contribution in [3.05, 3.63) is 53.5 Å². The van der Waals surface area contributed by atoms with Gasteiger partial charge in [0, 0.05) is 38.8 Å². The Morgan fingerprint density at radius 2 is 2.06 bits per heavy atom. The third-order valence-electron chi connectivity index (χ3n) is 5.35. The monoisotopic (exact) mass is 501 g/mol. The lowest BCUT2D eigenvalue weighted by Crippen LogP contribution is -2.26. The van der Waals surface area contributed by atoms with E-state index >= 15 is 0 Å². The molecule has 0 saturated heterocycles. The topological polar surface area (TPSA) is 151 Å². The summed E-state index contributed by atoms with van der Waals surface area (Å²) in [4.78, 5) is 26.0. The average molecular weight is 502 g/mol. The minimum Gasteiger partial charge on any atom is -0.403 e. The Kier molecular flexibility index (Phi) is 8.30. The van der Waals surface area contributed by atoms with Crippen LogP contribution in [0.2, 0.25) is 0 Å². The van der Waals surface area contributed by atoms with E-state index in [1.165, 1.54) is 30.0 Å². The maximum Gasteiger partial charge on any atom is 0.278 e. The average Bonchev–Trinajstić information content (AvgIpc) is 3.67. The van der Waals surface area contributed by atoms with Crippen LogP contribution in [0.1, 0.15) is 41.6 Å². The Morgan fingerprint density at radius 3 is 2.66 bits per heavy atom. The molecular formula is C23H31N7O4S. The number of amides is 1. The molecule has 35 heavy (non-hydrogen) atoms. The summed E-state index contributed by atoms with van der Waals surface area (Å²) in [6, 6.07) is 7.27. The second-order valence-electron chi connectivity index (χ2n) is 8.02. The molecule has 0 atom stereocenters. The van der Waals surface area contributed by atoms with Crippen LogP contribution in [0, 0.1) is 0 Å². The lowest BCUT2D eigenvalue weighted by atomic mass is 10.1. The minimum atomic E-state index is -3.53. The van der Waals surface area contributed by atoms with Gasteiger partial charge in [-0.1, -0.05) is 6.07 Å². The van der Waals surface area contributed by atoms with Gasteiger partial charge in [0.15, 0.2) is 0 Å². The number of aliphatic imine (C=N–C) groups is 1. The number of rotatable bonds is 11. The van der Waals surface area contributed by atoms with Gasteiger partial charge in [0.1, 0.15) is 5.82 Å². The number of benzene rings is 1. The first-order valence-electron chi connectivity index (χ1n) is 11.1. The van der Waals surface area contributed by atoms with E-state index in [1.807, 2.05) is 18.2 Å². The molecule has 0 aliphatic heterocycles. The van der Waals surface area contributed by atoms with Crippen molar-refractivity contribution in [1.29, 1.82) is 0 Å². The van der Waals surface area contributed by atoms with Gasteiger partial charge in [-0.25, -0.2) is 18.9 Å². The molecule has 1 saturated carbocycles. The number of hydrogen-bond donors (Lipinski definition) is 4. The molecule has 3 rings (SSSR count). The number of pyridine rings is 1. The molecule has 1 aliphatic rings. The molecule has 1 aliphatic carbocycles. The maximum atomic E-state index is 12.7. The first kappa shape index (κ1) is 26.0. The number of hydroxylamine groups is 1. The highest BCUT2D eigenvalue weighted by Gasteiger charge is 2.26. The molecule has 1 fully saturated rings. The predicted octanol–water partition coefficient (Wildman–Crippen LogP) is 2.69. The molecule has 1 aromatic carbocycles. The number of hydrogen-bond acceptors (Lipinski definition) is 9. The van der Waals surface area contributed by atoms with Gasteiger partial charge in [-0.15, -0.1) is 0 Å². The summed E-state index contributed by atoms with van der Waals surface area (Å²) in [5, 5.41) is 6.24. The van der Waals surface area contributed by atoms with E-state index in [0.717, 1.165) is 24.7 Å². The number of aromatic nitrogens is 1. The van der Waals surface area contributed by atoms with Crippen LogP contribution in [0.3, 0.4) is 0 Å². The fraction of sp³-hybridized carbons (Fsp3) is 0.348. The van der Waals surface area contributed by atoms with E-state index in [0.29, 0.717) is 34.5 Å². The SMILES string of the molecule is CCONC(=O)c1cnc(NC(C=NC)=CN)cc1Nc1ccc(C2CC2)cc1N(C)S(C)(=O)=O. The number of nitrogens with one attached hydrogen (secondary N) is 3. The largest absolute Gasteiger partial charge is 0.403 e. The lowest BCUT2D eigenvalue weighted by Gasteiger charge is -2.23. The Hall–Kier alpha value is -3.64. The quantitative estimate of drug-likeness (QED) is 0.271. The van der Waals surface area contributed by atoms with Gasteiger partial charge in [-0.3, -0.25) is 18.9 Å². The van der Waals surface area contributed by atoms with Crippen molar-refractivity contribution in [1.82, 2.24) is 10.5 Å². The van der Waals surface area contributed by atoms with E-state index in [9.17, 15) is 13.2 Å². The number of nitrogens with two attached hydrogens (primary N) is 1. The van der Waals surface area contributed by atoms with Crippen molar-refractivity contribution in [3.8, 4) is 0 Å². The van der Waals surface area contributed by atoms with Gasteiger partial charge in [0.2, 0.25) is 10.0 Å². The van der Waals surface area contributed by atoms with Gasteiger partial charge in [0.25, 0.3) is 5.91 Å². The summed E-state index contributed by atoms with van der Waals surface area (Å²) in [6.45, 7) is 2.03. The zero-order valence-corrected chi connectivity index (χ0v) is 21.0. The molecule has 1 amide bonds. The van der Waals surface area contributed by atoms with Gasteiger partial charge in [0.05, 0.1) is 41.2 Å². The predicted molar refractivity (Wildman–Crippen MR) is 139 cm³/mol. The molecule has 0 radical (unpaired) electrons. The van der Waals surface area contributed by atoms with Gasteiger partial charge < -0.3 is 16.4 Å². The van der Waals surface area contributed by atoms with E-state index in [-0.39, 0.29) is 12.2 Å². The molecule has 2 aromatic rings. The summed E-state index contributed by atoms with van der Waals surface area (Å²) < 4.78 is 25.9.